The van der Waals surface area contributed by atoms with Gasteiger partial charge in [-0.05, 0) is 0 Å². The van der Waals surface area contributed by atoms with Crippen molar-refractivity contribution in [1.82, 2.24) is 0 Å². The Hall–Kier alpha value is -0.570. The van der Waals surface area contributed by atoms with Gasteiger partial charge < -0.3 is 10.6 Å². The van der Waals surface area contributed by atoms with Crippen LogP contribution in [0.1, 0.15) is 25.7 Å². The molecule has 0 aromatic rings. The van der Waals surface area contributed by atoms with Crippen LogP contribution in [0.15, 0.2) is 0 Å². The van der Waals surface area contributed by atoms with Crippen LogP contribution in [0.4, 0.5) is 0 Å². The summed E-state index contributed by atoms with van der Waals surface area (Å²) < 4.78 is 0. The van der Waals surface area contributed by atoms with Crippen molar-refractivity contribution < 1.29 is 15.4 Å². The maximum atomic E-state index is 8.36. The van der Waals surface area contributed by atoms with E-state index >= 15 is 0 Å². The van der Waals surface area contributed by atoms with Gasteiger partial charge in [0.15, 0.2) is 0 Å². The van der Waals surface area contributed by atoms with Crippen LogP contribution in [0.25, 0.3) is 0 Å². The molecular formula is C5H12O3. The first kappa shape index (κ1) is 10.4. The van der Waals surface area contributed by atoms with E-state index in [1.54, 1.807) is 0 Å². The highest BCUT2D eigenvalue weighted by molar-refractivity contribution is 5.32. The van der Waals surface area contributed by atoms with Crippen molar-refractivity contribution in [3.05, 3.63) is 0 Å². The van der Waals surface area contributed by atoms with Crippen molar-refractivity contribution in [2.24, 2.45) is 0 Å². The average Bonchev–Trinajstić information content (AvgIpc) is 1.27. The molecular weight excluding hydrogens is 108 g/mol. The summed E-state index contributed by atoms with van der Waals surface area (Å²) in [6.45, 7) is -0.250. The SMILES string of the molecule is C1CCC1.O.O=CO. The Balaban J connectivity index is 0. The highest BCUT2D eigenvalue weighted by Crippen LogP contribution is 2.15. The average molecular weight is 120 g/mol. The molecule has 0 heterocycles. The topological polar surface area (TPSA) is 68.8 Å². The standard InChI is InChI=1S/C4H8.CH2O2.H2O/c1-2-4-3-1;2-1-3;/h1-4H2;1H,(H,2,3);1H2. The third kappa shape index (κ3) is 9.06. The first-order valence-electron chi connectivity index (χ1n) is 2.49. The van der Waals surface area contributed by atoms with Gasteiger partial charge in [-0.2, -0.15) is 0 Å². The zero-order chi connectivity index (χ0) is 5.54. The van der Waals surface area contributed by atoms with E-state index < -0.39 is 0 Å². The molecule has 0 unspecified atom stereocenters. The number of rotatable bonds is 0. The largest absolute Gasteiger partial charge is 0.483 e. The van der Waals surface area contributed by atoms with E-state index in [-0.39, 0.29) is 11.9 Å². The Bertz CT molecular complexity index is 36.9. The maximum absolute atomic E-state index is 8.36. The fourth-order valence-corrected chi connectivity index (χ4v) is 0.250. The van der Waals surface area contributed by atoms with Gasteiger partial charge in [0.05, 0.1) is 0 Å². The zero-order valence-corrected chi connectivity index (χ0v) is 4.76. The lowest BCUT2D eigenvalue weighted by molar-refractivity contribution is -0.122. The van der Waals surface area contributed by atoms with Gasteiger partial charge in [0.1, 0.15) is 0 Å². The van der Waals surface area contributed by atoms with Crippen molar-refractivity contribution in [3.63, 3.8) is 0 Å². The molecule has 0 radical (unpaired) electrons. The van der Waals surface area contributed by atoms with Crippen LogP contribution < -0.4 is 0 Å². The lowest BCUT2D eigenvalue weighted by Crippen LogP contribution is -1.85. The highest BCUT2D eigenvalue weighted by atomic mass is 16.3. The Morgan fingerprint density at radius 3 is 1.25 bits per heavy atom. The summed E-state index contributed by atoms with van der Waals surface area (Å²) in [5, 5.41) is 6.89. The second kappa shape index (κ2) is 9.66. The molecule has 1 aliphatic carbocycles. The molecule has 3 heteroatoms. The summed E-state index contributed by atoms with van der Waals surface area (Å²) >= 11 is 0. The van der Waals surface area contributed by atoms with E-state index in [1.807, 2.05) is 0 Å². The first-order valence-corrected chi connectivity index (χ1v) is 2.49. The van der Waals surface area contributed by atoms with E-state index in [0.717, 1.165) is 0 Å². The maximum Gasteiger partial charge on any atom is 0.290 e. The molecule has 0 spiro atoms. The molecule has 0 aromatic carbocycles. The Kier molecular flexibility index (Phi) is 12.6. The van der Waals surface area contributed by atoms with Gasteiger partial charge in [-0.15, -0.1) is 0 Å². The second-order valence-electron chi connectivity index (χ2n) is 1.52. The lowest BCUT2D eigenvalue weighted by Gasteiger charge is -2.05. The Morgan fingerprint density at radius 2 is 1.25 bits per heavy atom. The predicted molar refractivity (Wildman–Crippen MR) is 30.8 cm³/mol. The van der Waals surface area contributed by atoms with Crippen LogP contribution >= 0.6 is 0 Å². The quantitative estimate of drug-likeness (QED) is 0.471. The molecule has 1 aliphatic rings. The number of carbonyl (C=O) groups is 1. The fourth-order valence-electron chi connectivity index (χ4n) is 0.250. The summed E-state index contributed by atoms with van der Waals surface area (Å²) in [6.07, 6.45) is 6.00. The summed E-state index contributed by atoms with van der Waals surface area (Å²) in [4.78, 5) is 8.36. The van der Waals surface area contributed by atoms with Crippen LogP contribution in [0.5, 0.6) is 0 Å². The van der Waals surface area contributed by atoms with Crippen LogP contribution in [0.2, 0.25) is 0 Å². The van der Waals surface area contributed by atoms with Crippen LogP contribution in [-0.2, 0) is 4.79 Å². The van der Waals surface area contributed by atoms with Crippen LogP contribution in [0, 0.1) is 0 Å². The van der Waals surface area contributed by atoms with Crippen LogP contribution in [-0.4, -0.2) is 17.1 Å². The molecule has 0 atom stereocenters. The number of hydrogen-bond acceptors (Lipinski definition) is 1. The molecule has 8 heavy (non-hydrogen) atoms. The Labute approximate surface area is 48.6 Å². The van der Waals surface area contributed by atoms with Gasteiger partial charge in [0.25, 0.3) is 6.47 Å². The molecule has 0 aliphatic heterocycles. The molecule has 1 saturated carbocycles. The van der Waals surface area contributed by atoms with Gasteiger partial charge >= 0.3 is 0 Å². The van der Waals surface area contributed by atoms with Crippen molar-refractivity contribution in [2.75, 3.05) is 0 Å². The highest BCUT2D eigenvalue weighted by Gasteiger charge is 1.95. The van der Waals surface area contributed by atoms with Gasteiger partial charge in [-0.3, -0.25) is 4.79 Å². The molecule has 3 N–H and O–H groups in total. The smallest absolute Gasteiger partial charge is 0.290 e. The second-order valence-corrected chi connectivity index (χ2v) is 1.52. The minimum Gasteiger partial charge on any atom is -0.483 e. The van der Waals surface area contributed by atoms with Crippen molar-refractivity contribution >= 4 is 6.47 Å². The zero-order valence-electron chi connectivity index (χ0n) is 4.76. The van der Waals surface area contributed by atoms with Crippen molar-refractivity contribution in [3.8, 4) is 0 Å². The summed E-state index contributed by atoms with van der Waals surface area (Å²) in [7, 11) is 0. The molecule has 0 saturated heterocycles. The molecule has 1 fully saturated rings. The van der Waals surface area contributed by atoms with E-state index in [9.17, 15) is 0 Å². The van der Waals surface area contributed by atoms with E-state index in [4.69, 9.17) is 9.90 Å². The molecule has 0 amide bonds. The van der Waals surface area contributed by atoms with E-state index in [1.165, 1.54) is 25.7 Å². The third-order valence-electron chi connectivity index (χ3n) is 1.000. The summed E-state index contributed by atoms with van der Waals surface area (Å²) in [5.74, 6) is 0. The minimum atomic E-state index is -0.250. The lowest BCUT2D eigenvalue weighted by atomic mass is 10.0. The molecule has 0 bridgehead atoms. The van der Waals surface area contributed by atoms with Crippen LogP contribution in [0.3, 0.4) is 0 Å². The van der Waals surface area contributed by atoms with Gasteiger partial charge in [-0.25, -0.2) is 0 Å². The number of hydrogen-bond donors (Lipinski definition) is 1. The van der Waals surface area contributed by atoms with Crippen molar-refractivity contribution in [1.29, 1.82) is 0 Å². The molecule has 3 nitrogen and oxygen atoms in total. The summed E-state index contributed by atoms with van der Waals surface area (Å²) in [5.41, 5.74) is 0. The van der Waals surface area contributed by atoms with Gasteiger partial charge in [0.2, 0.25) is 0 Å². The molecule has 1 rings (SSSR count). The normalized spacial score (nSPS) is 13.5. The third-order valence-corrected chi connectivity index (χ3v) is 1.000. The fraction of sp³-hybridized carbons (Fsp3) is 0.800. The van der Waals surface area contributed by atoms with E-state index in [0.29, 0.717) is 0 Å². The summed E-state index contributed by atoms with van der Waals surface area (Å²) in [6, 6.07) is 0. The number of carboxylic acid groups (broad SMARTS) is 1. The van der Waals surface area contributed by atoms with Gasteiger partial charge in [0, 0.05) is 0 Å². The monoisotopic (exact) mass is 120 g/mol. The molecule has 0 aromatic heterocycles. The predicted octanol–water partition coefficient (Wildman–Crippen LogP) is 0.436. The van der Waals surface area contributed by atoms with E-state index in [2.05, 4.69) is 0 Å². The first-order chi connectivity index (χ1) is 3.41. The van der Waals surface area contributed by atoms with Gasteiger partial charge in [-0.1, -0.05) is 25.7 Å². The Morgan fingerprint density at radius 1 is 1.12 bits per heavy atom. The molecule has 50 valence electrons. The minimum absolute atomic E-state index is 0. The van der Waals surface area contributed by atoms with Crippen molar-refractivity contribution in [2.45, 2.75) is 25.7 Å².